The van der Waals surface area contributed by atoms with Crippen molar-refractivity contribution in [1.82, 2.24) is 0 Å². The SMILES string of the molecule is NCC(c1cccc(Br)c1)c1ccc(Cl)s1. The Kier molecular flexibility index (Phi) is 4.03. The van der Waals surface area contributed by atoms with Crippen molar-refractivity contribution in [2.45, 2.75) is 5.92 Å². The van der Waals surface area contributed by atoms with Gasteiger partial charge in [-0.15, -0.1) is 11.3 Å². The van der Waals surface area contributed by atoms with E-state index in [-0.39, 0.29) is 5.92 Å². The average Bonchev–Trinajstić information content (AvgIpc) is 2.66. The second-order valence-electron chi connectivity index (χ2n) is 3.49. The van der Waals surface area contributed by atoms with Gasteiger partial charge in [0.05, 0.1) is 4.34 Å². The summed E-state index contributed by atoms with van der Waals surface area (Å²) in [5.74, 6) is 0.231. The molecule has 0 radical (unpaired) electrons. The summed E-state index contributed by atoms with van der Waals surface area (Å²) >= 11 is 11.0. The number of hydrogen-bond acceptors (Lipinski definition) is 2. The van der Waals surface area contributed by atoms with Crippen LogP contribution in [0.3, 0.4) is 0 Å². The standard InChI is InChI=1S/C12H11BrClNS/c13-9-3-1-2-8(6-9)10(7-15)11-4-5-12(14)16-11/h1-6,10H,7,15H2. The summed E-state index contributed by atoms with van der Waals surface area (Å²) in [5.41, 5.74) is 7.06. The molecule has 0 saturated heterocycles. The molecule has 2 rings (SSSR count). The largest absolute Gasteiger partial charge is 0.329 e. The first-order valence-electron chi connectivity index (χ1n) is 4.91. The van der Waals surface area contributed by atoms with Crippen molar-refractivity contribution in [2.75, 3.05) is 6.54 Å². The van der Waals surface area contributed by atoms with Gasteiger partial charge in [-0.1, -0.05) is 39.7 Å². The van der Waals surface area contributed by atoms with Crippen LogP contribution in [0.2, 0.25) is 4.34 Å². The van der Waals surface area contributed by atoms with Crippen LogP contribution >= 0.6 is 38.9 Å². The predicted molar refractivity (Wildman–Crippen MR) is 74.4 cm³/mol. The molecule has 0 fully saturated rings. The van der Waals surface area contributed by atoms with Gasteiger partial charge in [0.15, 0.2) is 0 Å². The van der Waals surface area contributed by atoms with Crippen molar-refractivity contribution in [1.29, 1.82) is 0 Å². The minimum Gasteiger partial charge on any atom is -0.329 e. The Hall–Kier alpha value is -0.350. The van der Waals surface area contributed by atoms with Gasteiger partial charge in [0.25, 0.3) is 0 Å². The van der Waals surface area contributed by atoms with E-state index in [9.17, 15) is 0 Å². The van der Waals surface area contributed by atoms with E-state index in [0.29, 0.717) is 6.54 Å². The number of thiophene rings is 1. The molecule has 1 heterocycles. The molecule has 0 aliphatic heterocycles. The third-order valence-corrected chi connectivity index (χ3v) is 4.26. The van der Waals surface area contributed by atoms with Gasteiger partial charge in [-0.25, -0.2) is 0 Å². The summed E-state index contributed by atoms with van der Waals surface area (Å²) in [6.45, 7) is 0.591. The molecule has 1 aromatic heterocycles. The van der Waals surface area contributed by atoms with Crippen molar-refractivity contribution in [3.63, 3.8) is 0 Å². The van der Waals surface area contributed by atoms with Gasteiger partial charge in [0, 0.05) is 21.8 Å². The topological polar surface area (TPSA) is 26.0 Å². The fourth-order valence-corrected chi connectivity index (χ4v) is 3.27. The van der Waals surface area contributed by atoms with Crippen LogP contribution in [0.5, 0.6) is 0 Å². The molecule has 2 N–H and O–H groups in total. The number of nitrogens with two attached hydrogens (primary N) is 1. The van der Waals surface area contributed by atoms with Crippen LogP contribution in [0.1, 0.15) is 16.4 Å². The zero-order valence-corrected chi connectivity index (χ0v) is 11.6. The summed E-state index contributed by atoms with van der Waals surface area (Å²) in [6, 6.07) is 12.2. The molecule has 1 nitrogen and oxygen atoms in total. The molecule has 1 aromatic carbocycles. The molecule has 0 bridgehead atoms. The molecule has 84 valence electrons. The van der Waals surface area contributed by atoms with E-state index in [1.54, 1.807) is 11.3 Å². The number of rotatable bonds is 3. The second-order valence-corrected chi connectivity index (χ2v) is 6.15. The van der Waals surface area contributed by atoms with Crippen LogP contribution in [-0.2, 0) is 0 Å². The first kappa shape index (κ1) is 12.1. The van der Waals surface area contributed by atoms with Gasteiger partial charge >= 0.3 is 0 Å². The third-order valence-electron chi connectivity index (χ3n) is 2.42. The minimum absolute atomic E-state index is 0.231. The van der Waals surface area contributed by atoms with Gasteiger partial charge in [0.2, 0.25) is 0 Å². The van der Waals surface area contributed by atoms with Crippen molar-refractivity contribution in [3.8, 4) is 0 Å². The van der Waals surface area contributed by atoms with E-state index in [4.69, 9.17) is 17.3 Å². The van der Waals surface area contributed by atoms with Gasteiger partial charge in [0.1, 0.15) is 0 Å². The highest BCUT2D eigenvalue weighted by molar-refractivity contribution is 9.10. The Balaban J connectivity index is 2.36. The Bertz CT molecular complexity index is 483. The minimum atomic E-state index is 0.231. The van der Waals surface area contributed by atoms with E-state index >= 15 is 0 Å². The van der Waals surface area contributed by atoms with E-state index in [2.05, 4.69) is 28.1 Å². The predicted octanol–water partition coefficient (Wildman–Crippen LogP) is 4.25. The quantitative estimate of drug-likeness (QED) is 0.900. The van der Waals surface area contributed by atoms with E-state index in [0.717, 1.165) is 8.81 Å². The third kappa shape index (κ3) is 2.66. The van der Waals surface area contributed by atoms with Gasteiger partial charge in [-0.3, -0.25) is 0 Å². The van der Waals surface area contributed by atoms with Crippen molar-refractivity contribution < 1.29 is 0 Å². The van der Waals surface area contributed by atoms with Gasteiger partial charge < -0.3 is 5.73 Å². The lowest BCUT2D eigenvalue weighted by Crippen LogP contribution is -2.12. The second kappa shape index (κ2) is 5.32. The van der Waals surface area contributed by atoms with E-state index < -0.39 is 0 Å². The molecule has 1 atom stereocenters. The maximum absolute atomic E-state index is 5.95. The van der Waals surface area contributed by atoms with E-state index in [1.807, 2.05) is 24.3 Å². The number of benzene rings is 1. The zero-order valence-electron chi connectivity index (χ0n) is 8.49. The first-order chi connectivity index (χ1) is 7.70. The molecule has 0 spiro atoms. The van der Waals surface area contributed by atoms with Crippen LogP contribution in [0.25, 0.3) is 0 Å². The molecule has 16 heavy (non-hydrogen) atoms. The normalized spacial score (nSPS) is 12.7. The number of halogens is 2. The van der Waals surface area contributed by atoms with Crippen molar-refractivity contribution in [2.24, 2.45) is 5.73 Å². The summed E-state index contributed by atoms with van der Waals surface area (Å²) in [6.07, 6.45) is 0. The maximum Gasteiger partial charge on any atom is 0.0931 e. The van der Waals surface area contributed by atoms with Crippen LogP contribution in [0.15, 0.2) is 40.9 Å². The monoisotopic (exact) mass is 315 g/mol. The molecule has 4 heteroatoms. The highest BCUT2D eigenvalue weighted by Gasteiger charge is 2.14. The fourth-order valence-electron chi connectivity index (χ4n) is 1.66. The molecular weight excluding hydrogens is 306 g/mol. The summed E-state index contributed by atoms with van der Waals surface area (Å²) < 4.78 is 1.88. The maximum atomic E-state index is 5.95. The highest BCUT2D eigenvalue weighted by atomic mass is 79.9. The first-order valence-corrected chi connectivity index (χ1v) is 6.90. The lowest BCUT2D eigenvalue weighted by atomic mass is 9.98. The summed E-state index contributed by atoms with van der Waals surface area (Å²) in [7, 11) is 0. The Morgan fingerprint density at radius 1 is 1.31 bits per heavy atom. The number of hydrogen-bond donors (Lipinski definition) is 1. The van der Waals surface area contributed by atoms with Crippen molar-refractivity contribution >= 4 is 38.9 Å². The Morgan fingerprint density at radius 3 is 2.69 bits per heavy atom. The summed E-state index contributed by atoms with van der Waals surface area (Å²) in [4.78, 5) is 1.21. The molecule has 0 aliphatic rings. The Morgan fingerprint density at radius 2 is 2.12 bits per heavy atom. The molecule has 0 saturated carbocycles. The van der Waals surface area contributed by atoms with Crippen molar-refractivity contribution in [3.05, 3.63) is 55.6 Å². The van der Waals surface area contributed by atoms with Crippen LogP contribution in [-0.4, -0.2) is 6.54 Å². The summed E-state index contributed by atoms with van der Waals surface area (Å²) in [5, 5.41) is 0. The lowest BCUT2D eigenvalue weighted by molar-refractivity contribution is 0.835. The molecule has 1 unspecified atom stereocenters. The van der Waals surface area contributed by atoms with Crippen LogP contribution < -0.4 is 5.73 Å². The van der Waals surface area contributed by atoms with E-state index in [1.165, 1.54) is 10.4 Å². The highest BCUT2D eigenvalue weighted by Crippen LogP contribution is 2.32. The zero-order chi connectivity index (χ0) is 11.5. The Labute approximate surface area is 112 Å². The molecule has 0 aliphatic carbocycles. The van der Waals surface area contributed by atoms with Gasteiger partial charge in [-0.2, -0.15) is 0 Å². The average molecular weight is 317 g/mol. The smallest absolute Gasteiger partial charge is 0.0931 e. The molecule has 0 amide bonds. The fraction of sp³-hybridized carbons (Fsp3) is 0.167. The van der Waals surface area contributed by atoms with Crippen LogP contribution in [0, 0.1) is 0 Å². The van der Waals surface area contributed by atoms with Crippen LogP contribution in [0.4, 0.5) is 0 Å². The molecule has 2 aromatic rings. The molecular formula is C12H11BrClNS. The van der Waals surface area contributed by atoms with Gasteiger partial charge in [-0.05, 0) is 29.8 Å². The lowest BCUT2D eigenvalue weighted by Gasteiger charge is -2.13.